The number of nitrogens with one attached hydrogen (secondary N) is 1. The molecule has 0 aromatic carbocycles. The Morgan fingerprint density at radius 3 is 2.81 bits per heavy atom. The summed E-state index contributed by atoms with van der Waals surface area (Å²) in [5, 5.41) is 7.30. The minimum absolute atomic E-state index is 0.151. The molecule has 0 aliphatic carbocycles. The first-order chi connectivity index (χ1) is 9.87. The summed E-state index contributed by atoms with van der Waals surface area (Å²) >= 11 is 1.71. The summed E-state index contributed by atoms with van der Waals surface area (Å²) in [7, 11) is 0. The van der Waals surface area contributed by atoms with Crippen LogP contribution < -0.4 is 10.2 Å². The highest BCUT2D eigenvalue weighted by Crippen LogP contribution is 2.26. The standard InChI is InChI=1S/C16H26N2O2S/c1-5-12-8-13(17-15(19)20-16(2,3)4)10-18(9-12)14-6-7-21-11-14/h6-7,11-13H,5,8-10H2,1-4H3,(H,17,19). The number of anilines is 1. The molecule has 1 aliphatic heterocycles. The lowest BCUT2D eigenvalue weighted by Crippen LogP contribution is -2.51. The van der Waals surface area contributed by atoms with Gasteiger partial charge in [-0.25, -0.2) is 4.79 Å². The van der Waals surface area contributed by atoms with Crippen molar-refractivity contribution in [3.05, 3.63) is 16.8 Å². The molecule has 0 saturated carbocycles. The molecule has 2 unspecified atom stereocenters. The highest BCUT2D eigenvalue weighted by molar-refractivity contribution is 7.08. The molecule has 21 heavy (non-hydrogen) atoms. The predicted molar refractivity (Wildman–Crippen MR) is 88.1 cm³/mol. The molecule has 2 heterocycles. The Bertz CT molecular complexity index is 453. The molecular formula is C16H26N2O2S. The van der Waals surface area contributed by atoms with Crippen molar-refractivity contribution in [2.24, 2.45) is 5.92 Å². The van der Waals surface area contributed by atoms with Crippen LogP contribution in [-0.2, 0) is 4.74 Å². The first kappa shape index (κ1) is 16.1. The van der Waals surface area contributed by atoms with E-state index in [-0.39, 0.29) is 12.1 Å². The Morgan fingerprint density at radius 2 is 2.24 bits per heavy atom. The van der Waals surface area contributed by atoms with Crippen molar-refractivity contribution in [3.63, 3.8) is 0 Å². The molecule has 1 aromatic heterocycles. The number of amides is 1. The minimum Gasteiger partial charge on any atom is -0.444 e. The summed E-state index contributed by atoms with van der Waals surface area (Å²) in [6.07, 6.45) is 1.85. The van der Waals surface area contributed by atoms with Gasteiger partial charge in [0.15, 0.2) is 0 Å². The normalized spacial score (nSPS) is 23.0. The van der Waals surface area contributed by atoms with Crippen molar-refractivity contribution in [1.29, 1.82) is 0 Å². The maximum absolute atomic E-state index is 12.0. The van der Waals surface area contributed by atoms with E-state index in [1.807, 2.05) is 20.8 Å². The van der Waals surface area contributed by atoms with Crippen LogP contribution in [0.2, 0.25) is 0 Å². The van der Waals surface area contributed by atoms with Crippen LogP contribution in [0.3, 0.4) is 0 Å². The summed E-state index contributed by atoms with van der Waals surface area (Å²) in [5.74, 6) is 0.610. The molecule has 2 rings (SSSR count). The van der Waals surface area contributed by atoms with Crippen LogP contribution in [0.25, 0.3) is 0 Å². The predicted octanol–water partition coefficient (Wildman–Crippen LogP) is 3.88. The van der Waals surface area contributed by atoms with Crippen LogP contribution in [-0.4, -0.2) is 30.8 Å². The Morgan fingerprint density at radius 1 is 1.48 bits per heavy atom. The zero-order chi connectivity index (χ0) is 15.5. The quantitative estimate of drug-likeness (QED) is 0.921. The van der Waals surface area contributed by atoms with Gasteiger partial charge in [-0.2, -0.15) is 11.3 Å². The smallest absolute Gasteiger partial charge is 0.407 e. The molecule has 1 fully saturated rings. The topological polar surface area (TPSA) is 41.6 Å². The van der Waals surface area contributed by atoms with Crippen molar-refractivity contribution in [2.45, 2.75) is 52.2 Å². The third-order valence-corrected chi connectivity index (χ3v) is 4.38. The number of thiophene rings is 1. The van der Waals surface area contributed by atoms with Crippen LogP contribution in [0.15, 0.2) is 16.8 Å². The van der Waals surface area contributed by atoms with Crippen LogP contribution in [0.4, 0.5) is 10.5 Å². The van der Waals surface area contributed by atoms with Crippen LogP contribution in [0.5, 0.6) is 0 Å². The van der Waals surface area contributed by atoms with Gasteiger partial charge in [0.05, 0.1) is 6.04 Å². The molecule has 0 spiro atoms. The van der Waals surface area contributed by atoms with Crippen molar-refractivity contribution in [2.75, 3.05) is 18.0 Å². The lowest BCUT2D eigenvalue weighted by atomic mass is 9.92. The monoisotopic (exact) mass is 310 g/mol. The molecule has 5 heteroatoms. The van der Waals surface area contributed by atoms with Gasteiger partial charge in [-0.1, -0.05) is 13.3 Å². The van der Waals surface area contributed by atoms with Crippen molar-refractivity contribution in [1.82, 2.24) is 5.32 Å². The molecule has 1 aliphatic rings. The Hall–Kier alpha value is -1.23. The molecule has 1 amide bonds. The number of hydrogen-bond donors (Lipinski definition) is 1. The van der Waals surface area contributed by atoms with E-state index in [1.165, 1.54) is 5.69 Å². The van der Waals surface area contributed by atoms with Gasteiger partial charge in [-0.05, 0) is 44.6 Å². The molecule has 4 nitrogen and oxygen atoms in total. The van der Waals surface area contributed by atoms with Crippen LogP contribution >= 0.6 is 11.3 Å². The lowest BCUT2D eigenvalue weighted by Gasteiger charge is -2.38. The number of hydrogen-bond acceptors (Lipinski definition) is 4. The average molecular weight is 310 g/mol. The second kappa shape index (κ2) is 6.69. The van der Waals surface area contributed by atoms with E-state index in [0.717, 1.165) is 25.9 Å². The number of alkyl carbamates (subject to hydrolysis) is 1. The number of ether oxygens (including phenoxy) is 1. The zero-order valence-electron chi connectivity index (χ0n) is 13.4. The fraction of sp³-hybridized carbons (Fsp3) is 0.688. The second-order valence-corrected chi connectivity index (χ2v) is 7.52. The number of rotatable bonds is 3. The Labute approximate surface area is 131 Å². The van der Waals surface area contributed by atoms with E-state index < -0.39 is 5.60 Å². The van der Waals surface area contributed by atoms with Gasteiger partial charge < -0.3 is 15.0 Å². The van der Waals surface area contributed by atoms with Gasteiger partial charge in [0.25, 0.3) is 0 Å². The number of nitrogens with zero attached hydrogens (tertiary/aromatic N) is 1. The largest absolute Gasteiger partial charge is 0.444 e. The number of piperidine rings is 1. The average Bonchev–Trinajstić information content (AvgIpc) is 2.89. The molecular weight excluding hydrogens is 284 g/mol. The fourth-order valence-corrected chi connectivity index (χ4v) is 3.39. The fourth-order valence-electron chi connectivity index (χ4n) is 2.73. The first-order valence-electron chi connectivity index (χ1n) is 7.64. The summed E-state index contributed by atoms with van der Waals surface area (Å²) in [4.78, 5) is 14.3. The number of carbonyl (C=O) groups is 1. The molecule has 1 N–H and O–H groups in total. The first-order valence-corrected chi connectivity index (χ1v) is 8.58. The lowest BCUT2D eigenvalue weighted by molar-refractivity contribution is 0.0493. The van der Waals surface area contributed by atoms with Gasteiger partial charge in [0.2, 0.25) is 0 Å². The van der Waals surface area contributed by atoms with Gasteiger partial charge in [-0.3, -0.25) is 0 Å². The maximum Gasteiger partial charge on any atom is 0.407 e. The summed E-state index contributed by atoms with van der Waals surface area (Å²) in [5.41, 5.74) is 0.810. The van der Waals surface area contributed by atoms with Crippen LogP contribution in [0.1, 0.15) is 40.5 Å². The van der Waals surface area contributed by atoms with Crippen LogP contribution in [0, 0.1) is 5.92 Å². The van der Waals surface area contributed by atoms with E-state index in [4.69, 9.17) is 4.74 Å². The SMILES string of the molecule is CCC1CC(NC(=O)OC(C)(C)C)CN(c2ccsc2)C1. The van der Waals surface area contributed by atoms with E-state index in [2.05, 4.69) is 34.0 Å². The van der Waals surface area contributed by atoms with Gasteiger partial charge in [-0.15, -0.1) is 0 Å². The zero-order valence-corrected chi connectivity index (χ0v) is 14.2. The molecule has 1 saturated heterocycles. The van der Waals surface area contributed by atoms with Crippen molar-refractivity contribution < 1.29 is 9.53 Å². The highest BCUT2D eigenvalue weighted by atomic mass is 32.1. The minimum atomic E-state index is -0.448. The summed E-state index contributed by atoms with van der Waals surface area (Å²) < 4.78 is 5.37. The maximum atomic E-state index is 12.0. The number of carbonyl (C=O) groups excluding carboxylic acids is 1. The Kier molecular flexibility index (Phi) is 5.14. The van der Waals surface area contributed by atoms with Gasteiger partial charge in [0.1, 0.15) is 5.60 Å². The molecule has 2 atom stereocenters. The summed E-state index contributed by atoms with van der Waals surface area (Å²) in [6.45, 7) is 9.80. The van der Waals surface area contributed by atoms with E-state index >= 15 is 0 Å². The molecule has 118 valence electrons. The van der Waals surface area contributed by atoms with E-state index in [9.17, 15) is 4.79 Å². The summed E-state index contributed by atoms with van der Waals surface area (Å²) in [6, 6.07) is 2.30. The van der Waals surface area contributed by atoms with Crippen molar-refractivity contribution in [3.8, 4) is 0 Å². The van der Waals surface area contributed by atoms with E-state index in [0.29, 0.717) is 5.92 Å². The molecule has 0 radical (unpaired) electrons. The van der Waals surface area contributed by atoms with Gasteiger partial charge >= 0.3 is 6.09 Å². The Balaban J connectivity index is 1.97. The molecule has 1 aromatic rings. The third-order valence-electron chi connectivity index (χ3n) is 3.71. The van der Waals surface area contributed by atoms with Gasteiger partial charge in [0, 0.05) is 24.2 Å². The third kappa shape index (κ3) is 4.92. The van der Waals surface area contributed by atoms with Crippen molar-refractivity contribution >= 4 is 23.1 Å². The highest BCUT2D eigenvalue weighted by Gasteiger charge is 2.29. The van der Waals surface area contributed by atoms with E-state index in [1.54, 1.807) is 11.3 Å². The molecule has 0 bridgehead atoms. The second-order valence-electron chi connectivity index (χ2n) is 6.74.